The van der Waals surface area contributed by atoms with E-state index < -0.39 is 0 Å². The highest BCUT2D eigenvalue weighted by Crippen LogP contribution is 2.32. The van der Waals surface area contributed by atoms with Gasteiger partial charge in [0.1, 0.15) is 0 Å². The number of hydrogen-bond donors (Lipinski definition) is 1. The second-order valence-electron chi connectivity index (χ2n) is 5.93. The molecule has 1 N–H and O–H groups in total. The van der Waals surface area contributed by atoms with Gasteiger partial charge in [-0.15, -0.1) is 0 Å². The van der Waals surface area contributed by atoms with Crippen LogP contribution in [-0.2, 0) is 12.8 Å². The first-order valence-electron chi connectivity index (χ1n) is 7.36. The summed E-state index contributed by atoms with van der Waals surface area (Å²) in [6.07, 6.45) is 5.28. The molecule has 2 nitrogen and oxygen atoms in total. The molecule has 0 bridgehead atoms. The summed E-state index contributed by atoms with van der Waals surface area (Å²) in [7, 11) is 0. The van der Waals surface area contributed by atoms with E-state index in [4.69, 9.17) is 0 Å². The molecule has 0 aromatic heterocycles. The lowest BCUT2D eigenvalue weighted by molar-refractivity contribution is 0.424. The van der Waals surface area contributed by atoms with Crippen LogP contribution in [0.4, 0.5) is 5.69 Å². The Bertz CT molecular complexity index is 427. The number of nitrogens with zero attached hydrogens (tertiary/aromatic N) is 1. The maximum Gasteiger partial charge on any atom is 0.0404 e. The number of piperazine rings is 1. The van der Waals surface area contributed by atoms with Gasteiger partial charge < -0.3 is 10.2 Å². The Morgan fingerprint density at radius 3 is 2.89 bits per heavy atom. The zero-order chi connectivity index (χ0) is 12.5. The number of benzene rings is 1. The Morgan fingerprint density at radius 1 is 1.17 bits per heavy atom. The predicted molar refractivity (Wildman–Crippen MR) is 77.4 cm³/mol. The molecule has 1 aliphatic carbocycles. The van der Waals surface area contributed by atoms with Crippen LogP contribution < -0.4 is 10.2 Å². The van der Waals surface area contributed by atoms with Gasteiger partial charge in [0.25, 0.3) is 0 Å². The van der Waals surface area contributed by atoms with Gasteiger partial charge in [-0.1, -0.05) is 12.1 Å². The van der Waals surface area contributed by atoms with E-state index >= 15 is 0 Å². The van der Waals surface area contributed by atoms with E-state index in [1.165, 1.54) is 31.4 Å². The van der Waals surface area contributed by atoms with Crippen molar-refractivity contribution in [2.75, 3.05) is 18.0 Å². The van der Waals surface area contributed by atoms with Crippen molar-refractivity contribution < 1.29 is 0 Å². The summed E-state index contributed by atoms with van der Waals surface area (Å²) < 4.78 is 0. The molecular formula is C16H24N2. The molecule has 1 fully saturated rings. The molecule has 2 unspecified atom stereocenters. The Balaban J connectivity index is 1.95. The average molecular weight is 244 g/mol. The van der Waals surface area contributed by atoms with Gasteiger partial charge in [-0.05, 0) is 56.7 Å². The molecular weight excluding hydrogens is 220 g/mol. The van der Waals surface area contributed by atoms with Gasteiger partial charge in [0.2, 0.25) is 0 Å². The SMILES string of the molecule is CC1CN(c2cccc3c2CCCC3)C(C)CN1. The van der Waals surface area contributed by atoms with E-state index in [0.29, 0.717) is 12.1 Å². The van der Waals surface area contributed by atoms with Crippen molar-refractivity contribution in [3.05, 3.63) is 29.3 Å². The van der Waals surface area contributed by atoms with Crippen LogP contribution in [0, 0.1) is 0 Å². The Morgan fingerprint density at radius 2 is 2.00 bits per heavy atom. The van der Waals surface area contributed by atoms with Crippen molar-refractivity contribution in [2.24, 2.45) is 0 Å². The lowest BCUT2D eigenvalue weighted by atomic mass is 9.89. The van der Waals surface area contributed by atoms with Crippen LogP contribution in [0.2, 0.25) is 0 Å². The van der Waals surface area contributed by atoms with Gasteiger partial charge in [0, 0.05) is 30.9 Å². The topological polar surface area (TPSA) is 15.3 Å². The quantitative estimate of drug-likeness (QED) is 0.817. The predicted octanol–water partition coefficient (Wildman–Crippen LogP) is 2.75. The molecule has 0 saturated carbocycles. The number of fused-ring (bicyclic) bond motifs is 1. The molecule has 0 radical (unpaired) electrons. The van der Waals surface area contributed by atoms with E-state index in [2.05, 4.69) is 42.3 Å². The summed E-state index contributed by atoms with van der Waals surface area (Å²) in [6.45, 7) is 6.86. The number of hydrogen-bond acceptors (Lipinski definition) is 2. The van der Waals surface area contributed by atoms with Crippen LogP contribution in [-0.4, -0.2) is 25.2 Å². The summed E-state index contributed by atoms with van der Waals surface area (Å²) in [4.78, 5) is 2.62. The Kier molecular flexibility index (Phi) is 3.29. The first-order chi connectivity index (χ1) is 8.75. The van der Waals surface area contributed by atoms with Crippen molar-refractivity contribution >= 4 is 5.69 Å². The van der Waals surface area contributed by atoms with Crippen molar-refractivity contribution in [3.8, 4) is 0 Å². The van der Waals surface area contributed by atoms with Crippen molar-refractivity contribution in [2.45, 2.75) is 51.6 Å². The molecule has 2 heteroatoms. The van der Waals surface area contributed by atoms with Crippen molar-refractivity contribution in [1.29, 1.82) is 0 Å². The summed E-state index contributed by atoms with van der Waals surface area (Å²) in [6, 6.07) is 8.11. The van der Waals surface area contributed by atoms with Gasteiger partial charge in [-0.25, -0.2) is 0 Å². The van der Waals surface area contributed by atoms with Gasteiger partial charge in [0.05, 0.1) is 0 Å². The summed E-state index contributed by atoms with van der Waals surface area (Å²) in [5.41, 5.74) is 4.73. The van der Waals surface area contributed by atoms with E-state index in [9.17, 15) is 0 Å². The summed E-state index contributed by atoms with van der Waals surface area (Å²) in [5.74, 6) is 0. The van der Waals surface area contributed by atoms with Crippen molar-refractivity contribution in [3.63, 3.8) is 0 Å². The minimum Gasteiger partial charge on any atom is -0.366 e. The highest BCUT2D eigenvalue weighted by Gasteiger charge is 2.25. The van der Waals surface area contributed by atoms with Gasteiger partial charge in [0.15, 0.2) is 0 Å². The lowest BCUT2D eigenvalue weighted by Crippen LogP contribution is -2.54. The molecule has 1 heterocycles. The first kappa shape index (κ1) is 12.0. The maximum absolute atomic E-state index is 3.57. The monoisotopic (exact) mass is 244 g/mol. The zero-order valence-electron chi connectivity index (χ0n) is 11.6. The zero-order valence-corrected chi connectivity index (χ0v) is 11.6. The average Bonchev–Trinajstić information content (AvgIpc) is 2.41. The van der Waals surface area contributed by atoms with Crippen LogP contribution in [0.3, 0.4) is 0 Å². The number of anilines is 1. The standard InChI is InChI=1S/C16H24N2/c1-12-11-18(13(2)10-17-12)16-9-5-7-14-6-3-4-8-15(14)16/h5,7,9,12-13,17H,3-4,6,8,10-11H2,1-2H3. The fraction of sp³-hybridized carbons (Fsp3) is 0.625. The molecule has 2 atom stereocenters. The van der Waals surface area contributed by atoms with Crippen LogP contribution in [0.25, 0.3) is 0 Å². The lowest BCUT2D eigenvalue weighted by Gasteiger charge is -2.41. The van der Waals surface area contributed by atoms with Gasteiger partial charge in [-0.3, -0.25) is 0 Å². The van der Waals surface area contributed by atoms with Crippen LogP contribution in [0.1, 0.15) is 37.8 Å². The molecule has 1 saturated heterocycles. The van der Waals surface area contributed by atoms with Gasteiger partial charge in [-0.2, -0.15) is 0 Å². The minimum absolute atomic E-state index is 0.598. The normalized spacial score (nSPS) is 28.0. The van der Waals surface area contributed by atoms with E-state index in [1.807, 2.05) is 0 Å². The van der Waals surface area contributed by atoms with Crippen molar-refractivity contribution in [1.82, 2.24) is 5.32 Å². The Labute approximate surface area is 110 Å². The molecule has 1 aromatic rings. The highest BCUT2D eigenvalue weighted by atomic mass is 15.2. The third kappa shape index (κ3) is 2.14. The van der Waals surface area contributed by atoms with Gasteiger partial charge >= 0.3 is 0 Å². The molecule has 1 aromatic carbocycles. The summed E-state index contributed by atoms with van der Waals surface area (Å²) >= 11 is 0. The fourth-order valence-corrected chi connectivity index (χ4v) is 3.39. The van der Waals surface area contributed by atoms with E-state index in [-0.39, 0.29) is 0 Å². The molecule has 1 aliphatic heterocycles. The molecule has 98 valence electrons. The summed E-state index contributed by atoms with van der Waals surface area (Å²) in [5, 5.41) is 3.57. The first-order valence-corrected chi connectivity index (χ1v) is 7.36. The second-order valence-corrected chi connectivity index (χ2v) is 5.93. The third-order valence-corrected chi connectivity index (χ3v) is 4.44. The largest absolute Gasteiger partial charge is 0.366 e. The third-order valence-electron chi connectivity index (χ3n) is 4.44. The molecule has 18 heavy (non-hydrogen) atoms. The maximum atomic E-state index is 3.57. The number of rotatable bonds is 1. The van der Waals surface area contributed by atoms with E-state index in [1.54, 1.807) is 11.1 Å². The molecule has 0 spiro atoms. The molecule has 0 amide bonds. The number of aryl methyl sites for hydroxylation is 1. The fourth-order valence-electron chi connectivity index (χ4n) is 3.39. The van der Waals surface area contributed by atoms with Crippen LogP contribution in [0.15, 0.2) is 18.2 Å². The highest BCUT2D eigenvalue weighted by molar-refractivity contribution is 5.58. The molecule has 2 aliphatic rings. The molecule has 3 rings (SSSR count). The van der Waals surface area contributed by atoms with Crippen LogP contribution >= 0.6 is 0 Å². The number of nitrogens with one attached hydrogen (secondary N) is 1. The second kappa shape index (κ2) is 4.93. The smallest absolute Gasteiger partial charge is 0.0404 e. The minimum atomic E-state index is 0.598. The van der Waals surface area contributed by atoms with Crippen LogP contribution in [0.5, 0.6) is 0 Å². The Hall–Kier alpha value is -1.02. The van der Waals surface area contributed by atoms with E-state index in [0.717, 1.165) is 13.1 Å².